The molecule has 0 bridgehead atoms. The molecule has 1 atom stereocenters. The number of anilines is 1. The molecule has 1 aliphatic rings. The number of carbonyl (C=O) groups excluding carboxylic acids is 3. The van der Waals surface area contributed by atoms with Gasteiger partial charge in [-0.1, -0.05) is 23.7 Å². The third-order valence-corrected chi connectivity index (χ3v) is 5.40. The highest BCUT2D eigenvalue weighted by Crippen LogP contribution is 2.27. The van der Waals surface area contributed by atoms with Gasteiger partial charge in [0.25, 0.3) is 5.91 Å². The van der Waals surface area contributed by atoms with E-state index in [0.29, 0.717) is 29.4 Å². The summed E-state index contributed by atoms with van der Waals surface area (Å²) >= 11 is 6.00. The van der Waals surface area contributed by atoms with Gasteiger partial charge in [0.05, 0.1) is 5.92 Å². The van der Waals surface area contributed by atoms with E-state index >= 15 is 0 Å². The first-order valence-corrected chi connectivity index (χ1v) is 10.1. The molecule has 4 rings (SSSR count). The third-order valence-electron chi connectivity index (χ3n) is 5.17. The van der Waals surface area contributed by atoms with E-state index in [-0.39, 0.29) is 30.7 Å². The summed E-state index contributed by atoms with van der Waals surface area (Å²) in [4.78, 5) is 41.8. The molecule has 8 heteroatoms. The third kappa shape index (κ3) is 4.16. The van der Waals surface area contributed by atoms with Crippen LogP contribution in [-0.2, 0) is 9.59 Å². The van der Waals surface area contributed by atoms with E-state index in [0.717, 1.165) is 10.9 Å². The number of hydrogen-bond acceptors (Lipinski definition) is 3. The smallest absolute Gasteiger partial charge is 0.252 e. The topological polar surface area (TPSA) is 94.3 Å². The highest BCUT2D eigenvalue weighted by atomic mass is 35.5. The van der Waals surface area contributed by atoms with Crippen molar-refractivity contribution < 1.29 is 14.4 Å². The predicted octanol–water partition coefficient (Wildman–Crippen LogP) is 2.72. The first-order valence-electron chi connectivity index (χ1n) is 9.71. The van der Waals surface area contributed by atoms with Gasteiger partial charge >= 0.3 is 0 Å². The van der Waals surface area contributed by atoms with E-state index in [1.54, 1.807) is 41.4 Å². The van der Waals surface area contributed by atoms with Crippen LogP contribution >= 0.6 is 11.6 Å². The minimum absolute atomic E-state index is 0.106. The Morgan fingerprint density at radius 3 is 2.73 bits per heavy atom. The van der Waals surface area contributed by atoms with Crippen molar-refractivity contribution in [2.45, 2.75) is 6.42 Å². The Hall–Kier alpha value is -3.32. The number of rotatable bonds is 6. The fraction of sp³-hybridized carbons (Fsp3) is 0.227. The Morgan fingerprint density at radius 2 is 1.90 bits per heavy atom. The minimum atomic E-state index is -0.430. The fourth-order valence-corrected chi connectivity index (χ4v) is 3.85. The van der Waals surface area contributed by atoms with Crippen molar-refractivity contribution in [1.29, 1.82) is 0 Å². The number of halogens is 1. The number of H-pyrrole nitrogens is 1. The molecule has 2 heterocycles. The van der Waals surface area contributed by atoms with Crippen LogP contribution in [0.4, 0.5) is 5.69 Å². The molecule has 1 unspecified atom stereocenters. The SMILES string of the molecule is O=C(NCCNC(=O)C1CC(=O)N(c2cccc(Cl)c2)C1)c1cccc2[nH]ccc12. The van der Waals surface area contributed by atoms with E-state index in [2.05, 4.69) is 15.6 Å². The van der Waals surface area contributed by atoms with Gasteiger partial charge in [-0.15, -0.1) is 0 Å². The van der Waals surface area contributed by atoms with Crippen molar-refractivity contribution in [1.82, 2.24) is 15.6 Å². The van der Waals surface area contributed by atoms with Gasteiger partial charge in [0.1, 0.15) is 0 Å². The minimum Gasteiger partial charge on any atom is -0.361 e. The van der Waals surface area contributed by atoms with Crippen molar-refractivity contribution in [3.8, 4) is 0 Å². The molecule has 0 spiro atoms. The quantitative estimate of drug-likeness (QED) is 0.531. The van der Waals surface area contributed by atoms with Gasteiger partial charge in [0, 0.05) is 59.4 Å². The highest BCUT2D eigenvalue weighted by Gasteiger charge is 2.35. The van der Waals surface area contributed by atoms with E-state index in [1.165, 1.54) is 0 Å². The van der Waals surface area contributed by atoms with Gasteiger partial charge in [-0.2, -0.15) is 0 Å². The van der Waals surface area contributed by atoms with Crippen LogP contribution in [0.5, 0.6) is 0 Å². The van der Waals surface area contributed by atoms with Gasteiger partial charge in [-0.3, -0.25) is 14.4 Å². The fourth-order valence-electron chi connectivity index (χ4n) is 3.66. The summed E-state index contributed by atoms with van der Waals surface area (Å²) in [6, 6.07) is 14.4. The normalized spacial score (nSPS) is 16.1. The zero-order chi connectivity index (χ0) is 21.1. The molecule has 30 heavy (non-hydrogen) atoms. The van der Waals surface area contributed by atoms with Crippen LogP contribution in [0.1, 0.15) is 16.8 Å². The molecule has 2 aromatic carbocycles. The molecule has 0 radical (unpaired) electrons. The molecule has 1 aromatic heterocycles. The lowest BCUT2D eigenvalue weighted by Gasteiger charge is -2.17. The zero-order valence-corrected chi connectivity index (χ0v) is 16.9. The van der Waals surface area contributed by atoms with Crippen LogP contribution in [0, 0.1) is 5.92 Å². The first-order chi connectivity index (χ1) is 14.5. The second-order valence-corrected chi connectivity index (χ2v) is 7.61. The Kier molecular flexibility index (Phi) is 5.72. The Bertz CT molecular complexity index is 1110. The molecule has 1 aliphatic heterocycles. The van der Waals surface area contributed by atoms with Gasteiger partial charge in [0.2, 0.25) is 11.8 Å². The second kappa shape index (κ2) is 8.59. The summed E-state index contributed by atoms with van der Waals surface area (Å²) in [6.07, 6.45) is 1.94. The largest absolute Gasteiger partial charge is 0.361 e. The number of benzene rings is 2. The summed E-state index contributed by atoms with van der Waals surface area (Å²) < 4.78 is 0. The standard InChI is InChI=1S/C22H21ClN4O3/c23-15-3-1-4-16(12-15)27-13-14(11-20(27)28)21(29)25-9-10-26-22(30)18-5-2-6-19-17(18)7-8-24-19/h1-8,12,14,24H,9-11,13H2,(H,25,29)(H,26,30). The number of nitrogens with zero attached hydrogens (tertiary/aromatic N) is 1. The Balaban J connectivity index is 1.27. The van der Waals surface area contributed by atoms with Gasteiger partial charge in [-0.05, 0) is 36.4 Å². The molecule has 154 valence electrons. The van der Waals surface area contributed by atoms with E-state index in [1.807, 2.05) is 18.2 Å². The van der Waals surface area contributed by atoms with Crippen LogP contribution < -0.4 is 15.5 Å². The van der Waals surface area contributed by atoms with Crippen molar-refractivity contribution >= 4 is 45.9 Å². The zero-order valence-electron chi connectivity index (χ0n) is 16.2. The monoisotopic (exact) mass is 424 g/mol. The number of hydrogen-bond donors (Lipinski definition) is 3. The molecule has 1 saturated heterocycles. The van der Waals surface area contributed by atoms with Crippen LogP contribution in [-0.4, -0.2) is 42.3 Å². The molecule has 7 nitrogen and oxygen atoms in total. The van der Waals surface area contributed by atoms with Crippen molar-refractivity contribution in [3.05, 3.63) is 65.3 Å². The summed E-state index contributed by atoms with van der Waals surface area (Å²) in [5.41, 5.74) is 2.17. The molecule has 0 aliphatic carbocycles. The molecule has 3 amide bonds. The number of aromatic amines is 1. The Morgan fingerprint density at radius 1 is 1.10 bits per heavy atom. The average molecular weight is 425 g/mol. The highest BCUT2D eigenvalue weighted by molar-refractivity contribution is 6.31. The van der Waals surface area contributed by atoms with Crippen molar-refractivity contribution in [2.24, 2.45) is 5.92 Å². The summed E-state index contributed by atoms with van der Waals surface area (Å²) in [7, 11) is 0. The average Bonchev–Trinajstić information content (AvgIpc) is 3.37. The summed E-state index contributed by atoms with van der Waals surface area (Å²) in [5.74, 6) is -0.932. The Labute approximate surface area is 178 Å². The van der Waals surface area contributed by atoms with Crippen LogP contribution in [0.15, 0.2) is 54.7 Å². The lowest BCUT2D eigenvalue weighted by atomic mass is 10.1. The van der Waals surface area contributed by atoms with Gasteiger partial charge < -0.3 is 20.5 Å². The predicted molar refractivity (Wildman–Crippen MR) is 116 cm³/mol. The maximum absolute atomic E-state index is 12.5. The number of fused-ring (bicyclic) bond motifs is 1. The lowest BCUT2D eigenvalue weighted by molar-refractivity contribution is -0.126. The number of nitrogens with one attached hydrogen (secondary N) is 3. The summed E-state index contributed by atoms with van der Waals surface area (Å²) in [6.45, 7) is 0.895. The molecule has 1 fully saturated rings. The van der Waals surface area contributed by atoms with Crippen molar-refractivity contribution in [3.63, 3.8) is 0 Å². The first kappa shape index (κ1) is 20.0. The van der Waals surface area contributed by atoms with E-state index in [4.69, 9.17) is 11.6 Å². The van der Waals surface area contributed by atoms with Crippen LogP contribution in [0.3, 0.4) is 0 Å². The number of aromatic nitrogens is 1. The van der Waals surface area contributed by atoms with Crippen LogP contribution in [0.2, 0.25) is 5.02 Å². The summed E-state index contributed by atoms with van der Waals surface area (Å²) in [5, 5.41) is 7.01. The van der Waals surface area contributed by atoms with Crippen LogP contribution in [0.25, 0.3) is 10.9 Å². The maximum Gasteiger partial charge on any atom is 0.252 e. The number of amides is 3. The maximum atomic E-state index is 12.5. The number of carbonyl (C=O) groups is 3. The van der Waals surface area contributed by atoms with Gasteiger partial charge in [0.15, 0.2) is 0 Å². The molecule has 3 aromatic rings. The lowest BCUT2D eigenvalue weighted by Crippen LogP contribution is -2.38. The molecular formula is C22H21ClN4O3. The molecule has 3 N–H and O–H groups in total. The van der Waals surface area contributed by atoms with E-state index < -0.39 is 5.92 Å². The van der Waals surface area contributed by atoms with Gasteiger partial charge in [-0.25, -0.2) is 0 Å². The molecule has 0 saturated carbocycles. The molecular weight excluding hydrogens is 404 g/mol. The van der Waals surface area contributed by atoms with E-state index in [9.17, 15) is 14.4 Å². The second-order valence-electron chi connectivity index (χ2n) is 7.18. The van der Waals surface area contributed by atoms with Crippen molar-refractivity contribution in [2.75, 3.05) is 24.5 Å².